The third kappa shape index (κ3) is 1.84. The number of oxazole rings is 1. The largest absolute Gasteiger partial charge is 0.465 e. The SMILES string of the molecule is COC(=O)c1cc(Br)c2oc(C3CC3)nc2c1. The molecule has 3 rings (SSSR count). The summed E-state index contributed by atoms with van der Waals surface area (Å²) in [5.41, 5.74) is 1.86. The van der Waals surface area contributed by atoms with Crippen LogP contribution in [0.25, 0.3) is 11.1 Å². The highest BCUT2D eigenvalue weighted by molar-refractivity contribution is 9.10. The van der Waals surface area contributed by atoms with E-state index in [0.29, 0.717) is 22.6 Å². The van der Waals surface area contributed by atoms with Gasteiger partial charge in [-0.15, -0.1) is 0 Å². The average Bonchev–Trinajstić information content (AvgIpc) is 3.08. The quantitative estimate of drug-likeness (QED) is 0.798. The van der Waals surface area contributed by atoms with Crippen LogP contribution in [0.2, 0.25) is 0 Å². The van der Waals surface area contributed by atoms with Gasteiger partial charge in [-0.05, 0) is 40.9 Å². The molecule has 0 saturated heterocycles. The van der Waals surface area contributed by atoms with Gasteiger partial charge in [0, 0.05) is 5.92 Å². The number of aromatic nitrogens is 1. The number of hydrogen-bond donors (Lipinski definition) is 0. The van der Waals surface area contributed by atoms with Crippen molar-refractivity contribution >= 4 is 33.0 Å². The highest BCUT2D eigenvalue weighted by atomic mass is 79.9. The van der Waals surface area contributed by atoms with Gasteiger partial charge >= 0.3 is 5.97 Å². The molecule has 2 aromatic rings. The Morgan fingerprint density at radius 1 is 1.53 bits per heavy atom. The second-order valence-electron chi connectivity index (χ2n) is 4.12. The number of carbonyl (C=O) groups is 1. The number of hydrogen-bond acceptors (Lipinski definition) is 4. The van der Waals surface area contributed by atoms with Crippen LogP contribution in [0.4, 0.5) is 0 Å². The number of benzene rings is 1. The van der Waals surface area contributed by atoms with Crippen LogP contribution in [0.15, 0.2) is 21.0 Å². The van der Waals surface area contributed by atoms with E-state index in [1.54, 1.807) is 12.1 Å². The summed E-state index contributed by atoms with van der Waals surface area (Å²) in [4.78, 5) is 15.9. The molecule has 88 valence electrons. The predicted octanol–water partition coefficient (Wildman–Crippen LogP) is 3.25. The van der Waals surface area contributed by atoms with Crippen molar-refractivity contribution in [1.82, 2.24) is 4.98 Å². The lowest BCUT2D eigenvalue weighted by molar-refractivity contribution is 0.0601. The van der Waals surface area contributed by atoms with E-state index in [1.165, 1.54) is 7.11 Å². The fourth-order valence-electron chi connectivity index (χ4n) is 1.75. The molecule has 1 saturated carbocycles. The zero-order valence-corrected chi connectivity index (χ0v) is 10.8. The second-order valence-corrected chi connectivity index (χ2v) is 4.98. The van der Waals surface area contributed by atoms with Gasteiger partial charge in [-0.25, -0.2) is 9.78 Å². The van der Waals surface area contributed by atoms with Gasteiger partial charge in [0.2, 0.25) is 0 Å². The van der Waals surface area contributed by atoms with E-state index >= 15 is 0 Å². The van der Waals surface area contributed by atoms with Gasteiger partial charge in [0.05, 0.1) is 17.1 Å². The molecule has 0 amide bonds. The minimum atomic E-state index is -0.372. The first-order chi connectivity index (χ1) is 8.19. The lowest BCUT2D eigenvalue weighted by Crippen LogP contribution is -2.00. The summed E-state index contributed by atoms with van der Waals surface area (Å²) < 4.78 is 11.1. The molecule has 0 bridgehead atoms. The monoisotopic (exact) mass is 295 g/mol. The number of carbonyl (C=O) groups excluding carboxylic acids is 1. The van der Waals surface area contributed by atoms with Crippen LogP contribution in [0, 0.1) is 0 Å². The number of fused-ring (bicyclic) bond motifs is 1. The maximum Gasteiger partial charge on any atom is 0.337 e. The molecule has 0 spiro atoms. The molecule has 0 aliphatic heterocycles. The highest BCUT2D eigenvalue weighted by Crippen LogP contribution is 2.41. The van der Waals surface area contributed by atoms with Gasteiger partial charge in [0.15, 0.2) is 11.5 Å². The molecule has 1 aliphatic carbocycles. The fraction of sp³-hybridized carbons (Fsp3) is 0.333. The fourth-order valence-corrected chi connectivity index (χ4v) is 2.28. The number of halogens is 1. The Bertz CT molecular complexity index is 601. The van der Waals surface area contributed by atoms with E-state index in [2.05, 4.69) is 25.7 Å². The van der Waals surface area contributed by atoms with Gasteiger partial charge in [-0.2, -0.15) is 0 Å². The van der Waals surface area contributed by atoms with Crippen LogP contribution in [-0.2, 0) is 4.74 Å². The lowest BCUT2D eigenvalue weighted by Gasteiger charge is -1.99. The van der Waals surface area contributed by atoms with Crippen molar-refractivity contribution in [3.8, 4) is 0 Å². The normalized spacial score (nSPS) is 15.2. The van der Waals surface area contributed by atoms with E-state index in [9.17, 15) is 4.79 Å². The number of ether oxygens (including phenoxy) is 1. The zero-order chi connectivity index (χ0) is 12.0. The Kier molecular flexibility index (Phi) is 2.43. The molecular weight excluding hydrogens is 286 g/mol. The van der Waals surface area contributed by atoms with Gasteiger partial charge in [-0.1, -0.05) is 0 Å². The Morgan fingerprint density at radius 2 is 2.29 bits per heavy atom. The van der Waals surface area contributed by atoms with Crippen LogP contribution < -0.4 is 0 Å². The van der Waals surface area contributed by atoms with Crippen molar-refractivity contribution in [3.05, 3.63) is 28.1 Å². The number of nitrogens with zero attached hydrogens (tertiary/aromatic N) is 1. The van der Waals surface area contributed by atoms with Crippen molar-refractivity contribution in [2.45, 2.75) is 18.8 Å². The molecule has 0 N–H and O–H groups in total. The maximum atomic E-state index is 11.5. The first-order valence-electron chi connectivity index (χ1n) is 5.37. The van der Waals surface area contributed by atoms with Gasteiger partial charge in [-0.3, -0.25) is 0 Å². The van der Waals surface area contributed by atoms with Gasteiger partial charge < -0.3 is 9.15 Å². The zero-order valence-electron chi connectivity index (χ0n) is 9.20. The van der Waals surface area contributed by atoms with Crippen LogP contribution in [-0.4, -0.2) is 18.1 Å². The Balaban J connectivity index is 2.14. The van der Waals surface area contributed by atoms with Crippen molar-refractivity contribution in [1.29, 1.82) is 0 Å². The van der Waals surface area contributed by atoms with Crippen LogP contribution in [0.5, 0.6) is 0 Å². The van der Waals surface area contributed by atoms with Crippen LogP contribution in [0.3, 0.4) is 0 Å². The van der Waals surface area contributed by atoms with Crippen LogP contribution in [0.1, 0.15) is 35.0 Å². The molecule has 17 heavy (non-hydrogen) atoms. The summed E-state index contributed by atoms with van der Waals surface area (Å²) in [6.07, 6.45) is 2.27. The van der Waals surface area contributed by atoms with Crippen molar-refractivity contribution in [2.24, 2.45) is 0 Å². The Labute approximate surface area is 106 Å². The average molecular weight is 296 g/mol. The number of methoxy groups -OCH3 is 1. The van der Waals surface area contributed by atoms with Crippen LogP contribution >= 0.6 is 15.9 Å². The van der Waals surface area contributed by atoms with E-state index in [-0.39, 0.29) is 5.97 Å². The number of esters is 1. The van der Waals surface area contributed by atoms with Gasteiger partial charge in [0.1, 0.15) is 5.52 Å². The summed E-state index contributed by atoms with van der Waals surface area (Å²) in [5.74, 6) is 0.849. The van der Waals surface area contributed by atoms with E-state index in [4.69, 9.17) is 4.42 Å². The maximum absolute atomic E-state index is 11.5. The third-order valence-corrected chi connectivity index (χ3v) is 3.40. The first kappa shape index (κ1) is 10.8. The second kappa shape index (κ2) is 3.84. The standard InChI is InChI=1S/C12H10BrNO3/c1-16-12(15)7-4-8(13)10-9(5-7)14-11(17-10)6-2-3-6/h4-6H,2-3H2,1H3. The third-order valence-electron chi connectivity index (χ3n) is 2.81. The van der Waals surface area contributed by atoms with Crippen molar-refractivity contribution < 1.29 is 13.9 Å². The van der Waals surface area contributed by atoms with E-state index in [1.807, 2.05) is 0 Å². The van der Waals surface area contributed by atoms with Gasteiger partial charge in [0.25, 0.3) is 0 Å². The Morgan fingerprint density at radius 3 is 2.94 bits per heavy atom. The minimum Gasteiger partial charge on any atom is -0.465 e. The van der Waals surface area contributed by atoms with E-state index < -0.39 is 0 Å². The molecular formula is C12H10BrNO3. The molecule has 1 aromatic carbocycles. The van der Waals surface area contributed by atoms with Crippen molar-refractivity contribution in [2.75, 3.05) is 7.11 Å². The summed E-state index contributed by atoms with van der Waals surface area (Å²) in [6, 6.07) is 3.39. The molecule has 4 nitrogen and oxygen atoms in total. The highest BCUT2D eigenvalue weighted by Gasteiger charge is 2.29. The summed E-state index contributed by atoms with van der Waals surface area (Å²) in [5, 5.41) is 0. The summed E-state index contributed by atoms with van der Waals surface area (Å²) in [7, 11) is 1.36. The van der Waals surface area contributed by atoms with E-state index in [0.717, 1.165) is 23.2 Å². The number of rotatable bonds is 2. The molecule has 5 heteroatoms. The van der Waals surface area contributed by atoms with Crippen molar-refractivity contribution in [3.63, 3.8) is 0 Å². The lowest BCUT2D eigenvalue weighted by atomic mass is 10.2. The predicted molar refractivity (Wildman–Crippen MR) is 65.0 cm³/mol. The molecule has 0 atom stereocenters. The minimum absolute atomic E-state index is 0.372. The summed E-state index contributed by atoms with van der Waals surface area (Å²) in [6.45, 7) is 0. The molecule has 1 aliphatic rings. The summed E-state index contributed by atoms with van der Waals surface area (Å²) >= 11 is 3.39. The molecule has 1 aromatic heterocycles. The topological polar surface area (TPSA) is 52.3 Å². The molecule has 0 unspecified atom stereocenters. The molecule has 1 heterocycles. The molecule has 1 fully saturated rings. The smallest absolute Gasteiger partial charge is 0.337 e. The first-order valence-corrected chi connectivity index (χ1v) is 6.16. The Hall–Kier alpha value is -1.36. The molecule has 0 radical (unpaired) electrons.